The van der Waals surface area contributed by atoms with Gasteiger partial charge in [0.25, 0.3) is 0 Å². The van der Waals surface area contributed by atoms with Crippen molar-refractivity contribution >= 4 is 16.9 Å². The molecule has 0 amide bonds. The molecule has 5 heteroatoms. The summed E-state index contributed by atoms with van der Waals surface area (Å²) < 4.78 is 5.32. The Morgan fingerprint density at radius 3 is 3.00 bits per heavy atom. The SMILES string of the molecule is O=C(OCCCc1cccnc1)c1cccc2cn[nH]c12. The Balaban J connectivity index is 1.56. The van der Waals surface area contributed by atoms with Gasteiger partial charge >= 0.3 is 5.97 Å². The van der Waals surface area contributed by atoms with Crippen molar-refractivity contribution in [3.8, 4) is 0 Å². The number of aromatic amines is 1. The zero-order valence-corrected chi connectivity index (χ0v) is 11.5. The summed E-state index contributed by atoms with van der Waals surface area (Å²) in [5.74, 6) is -0.323. The van der Waals surface area contributed by atoms with Gasteiger partial charge in [-0.15, -0.1) is 0 Å². The number of H-pyrrole nitrogens is 1. The smallest absolute Gasteiger partial charge is 0.340 e. The van der Waals surface area contributed by atoms with Crippen LogP contribution in [0.1, 0.15) is 22.3 Å². The summed E-state index contributed by atoms with van der Waals surface area (Å²) in [5, 5.41) is 7.67. The Hall–Kier alpha value is -2.69. The van der Waals surface area contributed by atoms with E-state index in [1.54, 1.807) is 18.5 Å². The molecule has 21 heavy (non-hydrogen) atoms. The fourth-order valence-corrected chi connectivity index (χ4v) is 2.20. The van der Waals surface area contributed by atoms with E-state index in [1.165, 1.54) is 0 Å². The van der Waals surface area contributed by atoms with E-state index in [4.69, 9.17) is 4.74 Å². The number of rotatable bonds is 5. The summed E-state index contributed by atoms with van der Waals surface area (Å²) in [6.45, 7) is 0.387. The van der Waals surface area contributed by atoms with Crippen LogP contribution in [0.3, 0.4) is 0 Å². The second-order valence-electron chi connectivity index (χ2n) is 4.74. The number of ether oxygens (including phenoxy) is 1. The Morgan fingerprint density at radius 1 is 1.19 bits per heavy atom. The number of hydrogen-bond acceptors (Lipinski definition) is 4. The van der Waals surface area contributed by atoms with Crippen molar-refractivity contribution in [3.05, 3.63) is 60.0 Å². The van der Waals surface area contributed by atoms with Gasteiger partial charge in [0.2, 0.25) is 0 Å². The van der Waals surface area contributed by atoms with Crippen LogP contribution < -0.4 is 0 Å². The summed E-state index contributed by atoms with van der Waals surface area (Å²) in [4.78, 5) is 16.1. The van der Waals surface area contributed by atoms with Gasteiger partial charge in [-0.05, 0) is 30.5 Å². The molecule has 0 radical (unpaired) electrons. The Labute approximate surface area is 122 Å². The molecule has 0 saturated heterocycles. The summed E-state index contributed by atoms with van der Waals surface area (Å²) >= 11 is 0. The van der Waals surface area contributed by atoms with Crippen LogP contribution in [-0.2, 0) is 11.2 Å². The van der Waals surface area contributed by atoms with E-state index >= 15 is 0 Å². The van der Waals surface area contributed by atoms with Crippen molar-refractivity contribution in [2.75, 3.05) is 6.61 Å². The molecule has 5 nitrogen and oxygen atoms in total. The molecule has 0 atom stereocenters. The molecule has 2 heterocycles. The van der Waals surface area contributed by atoms with Crippen LogP contribution in [0.15, 0.2) is 48.9 Å². The second kappa shape index (κ2) is 6.17. The lowest BCUT2D eigenvalue weighted by Gasteiger charge is -2.05. The predicted molar refractivity (Wildman–Crippen MR) is 78.9 cm³/mol. The van der Waals surface area contributed by atoms with Gasteiger partial charge in [0.1, 0.15) is 0 Å². The van der Waals surface area contributed by atoms with Crippen LogP contribution >= 0.6 is 0 Å². The van der Waals surface area contributed by atoms with Crippen molar-refractivity contribution in [2.24, 2.45) is 0 Å². The molecule has 0 saturated carbocycles. The molecule has 0 unspecified atom stereocenters. The lowest BCUT2D eigenvalue weighted by molar-refractivity contribution is 0.0502. The van der Waals surface area contributed by atoms with E-state index in [2.05, 4.69) is 15.2 Å². The minimum absolute atomic E-state index is 0.323. The summed E-state index contributed by atoms with van der Waals surface area (Å²) in [5.41, 5.74) is 2.38. The van der Waals surface area contributed by atoms with Crippen molar-refractivity contribution in [2.45, 2.75) is 12.8 Å². The topological polar surface area (TPSA) is 67.9 Å². The molecule has 1 N–H and O–H groups in total. The number of aromatic nitrogens is 3. The number of carbonyl (C=O) groups excluding carboxylic acids is 1. The molecule has 3 rings (SSSR count). The maximum Gasteiger partial charge on any atom is 0.340 e. The third kappa shape index (κ3) is 3.08. The third-order valence-electron chi connectivity index (χ3n) is 3.26. The van der Waals surface area contributed by atoms with Crippen molar-refractivity contribution in [1.82, 2.24) is 15.2 Å². The molecule has 0 aliphatic rings. The number of pyridine rings is 1. The first-order valence-corrected chi connectivity index (χ1v) is 6.83. The van der Waals surface area contributed by atoms with Crippen molar-refractivity contribution in [1.29, 1.82) is 0 Å². The maximum absolute atomic E-state index is 12.1. The average molecular weight is 281 g/mol. The first kappa shape index (κ1) is 13.3. The van der Waals surface area contributed by atoms with Gasteiger partial charge in [0.15, 0.2) is 0 Å². The zero-order valence-electron chi connectivity index (χ0n) is 11.5. The van der Waals surface area contributed by atoms with Gasteiger partial charge in [-0.1, -0.05) is 18.2 Å². The number of para-hydroxylation sites is 1. The molecular weight excluding hydrogens is 266 g/mol. The highest BCUT2D eigenvalue weighted by atomic mass is 16.5. The van der Waals surface area contributed by atoms with Crippen LogP contribution in [0.4, 0.5) is 0 Å². The lowest BCUT2D eigenvalue weighted by atomic mass is 10.1. The van der Waals surface area contributed by atoms with Gasteiger partial charge in [-0.25, -0.2) is 4.79 Å². The van der Waals surface area contributed by atoms with E-state index in [0.717, 1.165) is 29.3 Å². The van der Waals surface area contributed by atoms with E-state index < -0.39 is 0 Å². The first-order chi connectivity index (χ1) is 10.3. The minimum atomic E-state index is -0.323. The fourth-order valence-electron chi connectivity index (χ4n) is 2.20. The molecule has 0 fully saturated rings. The van der Waals surface area contributed by atoms with Crippen LogP contribution in [0.5, 0.6) is 0 Å². The number of benzene rings is 1. The normalized spacial score (nSPS) is 10.7. The average Bonchev–Trinajstić information content (AvgIpc) is 3.01. The summed E-state index contributed by atoms with van der Waals surface area (Å²) in [6.07, 6.45) is 6.88. The Bertz CT molecular complexity index is 737. The predicted octanol–water partition coefficient (Wildman–Crippen LogP) is 2.75. The summed E-state index contributed by atoms with van der Waals surface area (Å²) in [7, 11) is 0. The van der Waals surface area contributed by atoms with E-state index in [1.807, 2.05) is 30.5 Å². The number of nitrogens with zero attached hydrogens (tertiary/aromatic N) is 2. The number of fused-ring (bicyclic) bond motifs is 1. The van der Waals surface area contributed by atoms with Crippen LogP contribution in [-0.4, -0.2) is 27.8 Å². The largest absolute Gasteiger partial charge is 0.462 e. The number of nitrogens with one attached hydrogen (secondary N) is 1. The van der Waals surface area contributed by atoms with Gasteiger partial charge in [0, 0.05) is 17.8 Å². The van der Waals surface area contributed by atoms with Gasteiger partial charge < -0.3 is 4.74 Å². The highest BCUT2D eigenvalue weighted by Gasteiger charge is 2.12. The molecule has 0 aliphatic carbocycles. The molecule has 1 aromatic carbocycles. The molecule has 0 aliphatic heterocycles. The lowest BCUT2D eigenvalue weighted by Crippen LogP contribution is -2.07. The number of esters is 1. The van der Waals surface area contributed by atoms with Crippen LogP contribution in [0.2, 0.25) is 0 Å². The quantitative estimate of drug-likeness (QED) is 0.577. The molecule has 2 aromatic heterocycles. The van der Waals surface area contributed by atoms with Gasteiger partial charge in [0.05, 0.1) is 23.9 Å². The van der Waals surface area contributed by atoms with Gasteiger partial charge in [-0.3, -0.25) is 10.1 Å². The number of aryl methyl sites for hydroxylation is 1. The minimum Gasteiger partial charge on any atom is -0.462 e. The Morgan fingerprint density at radius 2 is 2.14 bits per heavy atom. The molecular formula is C16H15N3O2. The monoisotopic (exact) mass is 281 g/mol. The van der Waals surface area contributed by atoms with Crippen molar-refractivity contribution < 1.29 is 9.53 Å². The van der Waals surface area contributed by atoms with Crippen molar-refractivity contribution in [3.63, 3.8) is 0 Å². The highest BCUT2D eigenvalue weighted by Crippen LogP contribution is 2.16. The van der Waals surface area contributed by atoms with E-state index in [0.29, 0.717) is 12.2 Å². The number of carbonyl (C=O) groups is 1. The molecule has 0 bridgehead atoms. The molecule has 106 valence electrons. The first-order valence-electron chi connectivity index (χ1n) is 6.83. The zero-order chi connectivity index (χ0) is 14.5. The Kier molecular flexibility index (Phi) is 3.91. The van der Waals surface area contributed by atoms with E-state index in [-0.39, 0.29) is 5.97 Å². The van der Waals surface area contributed by atoms with E-state index in [9.17, 15) is 4.79 Å². The highest BCUT2D eigenvalue weighted by molar-refractivity contribution is 6.02. The second-order valence-corrected chi connectivity index (χ2v) is 4.74. The van der Waals surface area contributed by atoms with Crippen LogP contribution in [0.25, 0.3) is 10.9 Å². The fraction of sp³-hybridized carbons (Fsp3) is 0.188. The standard InChI is InChI=1S/C16H15N3O2/c20-16(14-7-1-6-13-11-18-19-15(13)14)21-9-3-5-12-4-2-8-17-10-12/h1-2,4,6-8,10-11H,3,5,9H2,(H,18,19). The number of hydrogen-bond donors (Lipinski definition) is 1. The maximum atomic E-state index is 12.1. The summed E-state index contributed by atoms with van der Waals surface area (Å²) in [6, 6.07) is 9.38. The van der Waals surface area contributed by atoms with Gasteiger partial charge in [-0.2, -0.15) is 5.10 Å². The molecule has 3 aromatic rings. The van der Waals surface area contributed by atoms with Crippen LogP contribution in [0, 0.1) is 0 Å². The molecule has 0 spiro atoms. The third-order valence-corrected chi connectivity index (χ3v) is 3.26.